The van der Waals surface area contributed by atoms with Crippen LogP contribution in [0.15, 0.2) is 36.4 Å². The number of benzene rings is 2. The zero-order valence-corrected chi connectivity index (χ0v) is 22.2. The lowest BCUT2D eigenvalue weighted by atomic mass is 10.1. The van der Waals surface area contributed by atoms with Crippen molar-refractivity contribution in [2.24, 2.45) is 0 Å². The van der Waals surface area contributed by atoms with Gasteiger partial charge in [-0.1, -0.05) is 58.5 Å². The van der Waals surface area contributed by atoms with E-state index >= 15 is 0 Å². The van der Waals surface area contributed by atoms with Crippen LogP contribution in [-0.2, 0) is 21.9 Å². The highest BCUT2D eigenvalue weighted by Gasteiger charge is 2.29. The maximum absolute atomic E-state index is 13.2. The summed E-state index contributed by atoms with van der Waals surface area (Å²) in [5.74, 6) is 0.128. The minimum absolute atomic E-state index is 0.115. The topological polar surface area (TPSA) is 49.4 Å². The Morgan fingerprint density at radius 2 is 1.41 bits per heavy atom. The van der Waals surface area contributed by atoms with Crippen molar-refractivity contribution in [1.82, 2.24) is 10.2 Å². The van der Waals surface area contributed by atoms with Gasteiger partial charge in [0.15, 0.2) is 0 Å². The monoisotopic (exact) mass is 534 g/mol. The molecule has 1 N–H and O–H groups in total. The molecule has 0 fully saturated rings. The van der Waals surface area contributed by atoms with Gasteiger partial charge in [0.2, 0.25) is 11.8 Å². The summed E-state index contributed by atoms with van der Waals surface area (Å²) in [7, 11) is 0. The minimum atomic E-state index is -0.724. The molecule has 32 heavy (non-hydrogen) atoms. The highest BCUT2D eigenvalue weighted by molar-refractivity contribution is 7.99. The van der Waals surface area contributed by atoms with Crippen LogP contribution in [0.4, 0.5) is 0 Å². The summed E-state index contributed by atoms with van der Waals surface area (Å²) in [6, 6.07) is 9.72. The number of nitrogens with zero attached hydrogens (tertiary/aromatic N) is 1. The number of carbonyl (C=O) groups excluding carboxylic acids is 2. The second kappa shape index (κ2) is 11.8. The van der Waals surface area contributed by atoms with E-state index in [0.717, 1.165) is 5.56 Å². The number of hydrogen-bond acceptors (Lipinski definition) is 3. The summed E-state index contributed by atoms with van der Waals surface area (Å²) in [5.41, 5.74) is 0.934. The fourth-order valence-electron chi connectivity index (χ4n) is 2.90. The van der Waals surface area contributed by atoms with Gasteiger partial charge in [0.1, 0.15) is 6.04 Å². The van der Waals surface area contributed by atoms with Gasteiger partial charge < -0.3 is 10.2 Å². The average Bonchev–Trinajstić information content (AvgIpc) is 2.68. The molecular weight excluding hydrogens is 510 g/mol. The molecule has 2 aromatic rings. The Hall–Kier alpha value is -1.11. The number of rotatable bonds is 8. The number of carbonyl (C=O) groups is 2. The summed E-state index contributed by atoms with van der Waals surface area (Å²) in [4.78, 5) is 27.5. The smallest absolute Gasteiger partial charge is 0.242 e. The van der Waals surface area contributed by atoms with Crippen molar-refractivity contribution in [2.45, 2.75) is 51.6 Å². The Morgan fingerprint density at radius 3 is 1.88 bits per heavy atom. The number of hydrogen-bond donors (Lipinski definition) is 1. The van der Waals surface area contributed by atoms with E-state index in [1.54, 1.807) is 43.3 Å². The van der Waals surface area contributed by atoms with Gasteiger partial charge in [0.05, 0.1) is 5.75 Å². The van der Waals surface area contributed by atoms with Gasteiger partial charge in [-0.05, 0) is 57.5 Å². The third-order valence-electron chi connectivity index (χ3n) is 4.59. The van der Waals surface area contributed by atoms with Gasteiger partial charge in [-0.3, -0.25) is 9.59 Å². The van der Waals surface area contributed by atoms with E-state index in [4.69, 9.17) is 46.4 Å². The van der Waals surface area contributed by atoms with E-state index < -0.39 is 11.6 Å². The van der Waals surface area contributed by atoms with Crippen molar-refractivity contribution in [2.75, 3.05) is 5.75 Å². The normalized spacial score (nSPS) is 12.4. The quantitative estimate of drug-likeness (QED) is 0.401. The summed E-state index contributed by atoms with van der Waals surface area (Å²) < 4.78 is 0. The minimum Gasteiger partial charge on any atom is -0.350 e. The van der Waals surface area contributed by atoms with Gasteiger partial charge in [-0.15, -0.1) is 11.8 Å². The highest BCUT2D eigenvalue weighted by atomic mass is 35.5. The molecule has 2 rings (SSSR count). The molecule has 0 radical (unpaired) electrons. The molecule has 0 aliphatic heterocycles. The van der Waals surface area contributed by atoms with E-state index in [-0.39, 0.29) is 24.1 Å². The number of nitrogens with one attached hydrogen (secondary N) is 1. The Kier molecular flexibility index (Phi) is 10.0. The van der Waals surface area contributed by atoms with Crippen LogP contribution in [0.3, 0.4) is 0 Å². The van der Waals surface area contributed by atoms with Crippen molar-refractivity contribution in [3.63, 3.8) is 0 Å². The molecule has 0 aliphatic rings. The predicted octanol–water partition coefficient (Wildman–Crippen LogP) is 6.87. The lowest BCUT2D eigenvalue weighted by molar-refractivity contribution is -0.139. The zero-order chi connectivity index (χ0) is 24.1. The largest absolute Gasteiger partial charge is 0.350 e. The Balaban J connectivity index is 2.20. The second-order valence-electron chi connectivity index (χ2n) is 8.33. The lowest BCUT2D eigenvalue weighted by Crippen LogP contribution is -2.52. The van der Waals surface area contributed by atoms with Crippen LogP contribution in [0.2, 0.25) is 20.1 Å². The highest BCUT2D eigenvalue weighted by Crippen LogP contribution is 2.30. The summed E-state index contributed by atoms with van der Waals surface area (Å²) in [6.45, 7) is 7.47. The first-order valence-electron chi connectivity index (χ1n) is 9.95. The molecule has 174 valence electrons. The zero-order valence-electron chi connectivity index (χ0n) is 18.3. The number of halogens is 4. The van der Waals surface area contributed by atoms with E-state index in [0.29, 0.717) is 31.4 Å². The van der Waals surface area contributed by atoms with Crippen molar-refractivity contribution < 1.29 is 9.59 Å². The first-order chi connectivity index (χ1) is 14.9. The third kappa shape index (κ3) is 7.74. The number of thioether (sulfide) groups is 1. The standard InChI is InChI=1S/C23H26Cl4N2O2S/c1-14(22(31)28-23(2,3)4)29(11-15-17(24)7-5-8-18(15)25)21(30)13-32-12-16-19(26)9-6-10-20(16)27/h5-10,14H,11-13H2,1-4H3,(H,28,31)/t14-/m0/s1. The lowest BCUT2D eigenvalue weighted by Gasteiger charge is -2.32. The van der Waals surface area contributed by atoms with Crippen LogP contribution < -0.4 is 5.32 Å². The third-order valence-corrected chi connectivity index (χ3v) is 6.95. The molecule has 0 bridgehead atoms. The van der Waals surface area contributed by atoms with Crippen LogP contribution in [0.1, 0.15) is 38.8 Å². The Labute approximate surface area is 213 Å². The molecule has 0 aromatic heterocycles. The van der Waals surface area contributed by atoms with Gasteiger partial charge in [-0.2, -0.15) is 0 Å². The first-order valence-corrected chi connectivity index (χ1v) is 12.6. The molecule has 4 nitrogen and oxygen atoms in total. The van der Waals surface area contributed by atoms with Gasteiger partial charge in [0.25, 0.3) is 0 Å². The molecule has 0 saturated heterocycles. The van der Waals surface area contributed by atoms with Crippen molar-refractivity contribution in [1.29, 1.82) is 0 Å². The van der Waals surface area contributed by atoms with Crippen LogP contribution in [0.5, 0.6) is 0 Å². The average molecular weight is 536 g/mol. The fourth-order valence-corrected chi connectivity index (χ4v) is 5.07. The molecule has 0 saturated carbocycles. The van der Waals surface area contributed by atoms with Crippen LogP contribution in [0.25, 0.3) is 0 Å². The summed E-state index contributed by atoms with van der Waals surface area (Å²) in [6.07, 6.45) is 0. The van der Waals surface area contributed by atoms with Gasteiger partial charge >= 0.3 is 0 Å². The molecule has 2 aromatic carbocycles. The fraction of sp³-hybridized carbons (Fsp3) is 0.391. The van der Waals surface area contributed by atoms with Crippen molar-refractivity contribution in [3.8, 4) is 0 Å². The second-order valence-corrected chi connectivity index (χ2v) is 10.9. The summed E-state index contributed by atoms with van der Waals surface area (Å²) >= 11 is 26.5. The van der Waals surface area contributed by atoms with Crippen LogP contribution >= 0.6 is 58.2 Å². The maximum atomic E-state index is 13.2. The molecular formula is C23H26Cl4N2O2S. The van der Waals surface area contributed by atoms with Crippen LogP contribution in [-0.4, -0.2) is 34.0 Å². The molecule has 0 aliphatic carbocycles. The predicted molar refractivity (Wildman–Crippen MR) is 137 cm³/mol. The molecule has 0 heterocycles. The molecule has 0 unspecified atom stereocenters. The van der Waals surface area contributed by atoms with Crippen molar-refractivity contribution >= 4 is 70.0 Å². The first kappa shape index (κ1) is 27.1. The van der Waals surface area contributed by atoms with E-state index in [1.165, 1.54) is 16.7 Å². The van der Waals surface area contributed by atoms with E-state index in [9.17, 15) is 9.59 Å². The van der Waals surface area contributed by atoms with Crippen molar-refractivity contribution in [3.05, 3.63) is 67.6 Å². The van der Waals surface area contributed by atoms with E-state index in [2.05, 4.69) is 5.32 Å². The van der Waals surface area contributed by atoms with Gasteiger partial charge in [-0.25, -0.2) is 0 Å². The molecule has 9 heteroatoms. The van der Waals surface area contributed by atoms with E-state index in [1.807, 2.05) is 20.8 Å². The van der Waals surface area contributed by atoms with Gasteiger partial charge in [0, 0.05) is 43.5 Å². The van der Waals surface area contributed by atoms with Crippen LogP contribution in [0, 0.1) is 0 Å². The summed E-state index contributed by atoms with van der Waals surface area (Å²) in [5, 5.41) is 4.91. The molecule has 2 amide bonds. The Morgan fingerprint density at radius 1 is 0.938 bits per heavy atom. The molecule has 1 atom stereocenters. The maximum Gasteiger partial charge on any atom is 0.242 e. The molecule has 0 spiro atoms. The number of amides is 2. The SMILES string of the molecule is C[C@@H](C(=O)NC(C)(C)C)N(Cc1c(Cl)cccc1Cl)C(=O)CSCc1c(Cl)cccc1Cl. The Bertz CT molecular complexity index is 938.